The molecule has 2 atom stereocenters. The van der Waals surface area contributed by atoms with Crippen LogP contribution in [-0.4, -0.2) is 122 Å². The minimum atomic E-state index is -0.236. The van der Waals surface area contributed by atoms with Gasteiger partial charge in [-0.2, -0.15) is 0 Å². The Balaban J connectivity index is 0.964. The molecule has 2 aromatic carbocycles. The number of rotatable bonds is 5. The molecule has 12 heteroatoms. The lowest BCUT2D eigenvalue weighted by Crippen LogP contribution is -2.47. The summed E-state index contributed by atoms with van der Waals surface area (Å²) < 4.78 is 10.7. The third kappa shape index (κ3) is 6.97. The van der Waals surface area contributed by atoms with Crippen molar-refractivity contribution < 1.29 is 28.7 Å². The smallest absolute Gasteiger partial charge is 0.320 e. The van der Waals surface area contributed by atoms with Gasteiger partial charge in [0.05, 0.1) is 38.3 Å². The topological polar surface area (TPSA) is 124 Å². The van der Waals surface area contributed by atoms with E-state index in [-0.39, 0.29) is 35.7 Å². The van der Waals surface area contributed by atoms with E-state index in [1.807, 2.05) is 48.5 Å². The van der Waals surface area contributed by atoms with E-state index in [2.05, 4.69) is 10.6 Å². The summed E-state index contributed by atoms with van der Waals surface area (Å²) in [5, 5.41) is 5.99. The predicted octanol–water partition coefficient (Wildman–Crippen LogP) is 2.78. The van der Waals surface area contributed by atoms with Gasteiger partial charge in [-0.15, -0.1) is 0 Å². The second-order valence-electron chi connectivity index (χ2n) is 11.8. The molecule has 2 aromatic rings. The van der Waals surface area contributed by atoms with Crippen LogP contribution < -0.4 is 10.6 Å². The zero-order valence-electron chi connectivity index (χ0n) is 24.9. The van der Waals surface area contributed by atoms with Gasteiger partial charge in [-0.05, 0) is 48.2 Å². The van der Waals surface area contributed by atoms with Crippen LogP contribution in [0.4, 0.5) is 21.0 Å². The lowest BCUT2D eigenvalue weighted by atomic mass is 10.0. The number of amides is 6. The molecular formula is C32H40N6O6. The Morgan fingerprint density at radius 3 is 1.25 bits per heavy atom. The van der Waals surface area contributed by atoms with Crippen molar-refractivity contribution in [2.24, 2.45) is 11.8 Å². The molecule has 234 valence electrons. The third-order valence-corrected chi connectivity index (χ3v) is 8.86. The molecule has 0 aliphatic carbocycles. The maximum Gasteiger partial charge on any atom is 0.320 e. The molecule has 0 unspecified atom stereocenters. The first kappa shape index (κ1) is 29.9. The quantitative estimate of drug-likeness (QED) is 0.541. The normalized spacial score (nSPS) is 22.2. The van der Waals surface area contributed by atoms with Crippen LogP contribution in [0, 0.1) is 11.8 Å². The number of anilines is 2. The molecule has 6 amide bonds. The van der Waals surface area contributed by atoms with Crippen molar-refractivity contribution >= 4 is 35.3 Å². The average Bonchev–Trinajstić information content (AvgIpc) is 3.77. The second kappa shape index (κ2) is 13.6. The second-order valence-corrected chi connectivity index (χ2v) is 11.8. The number of hydrogen-bond acceptors (Lipinski definition) is 6. The molecular weight excluding hydrogens is 564 g/mol. The highest BCUT2D eigenvalue weighted by molar-refractivity contribution is 5.94. The molecule has 6 rings (SSSR count). The zero-order valence-corrected chi connectivity index (χ0v) is 24.9. The number of benzene rings is 2. The van der Waals surface area contributed by atoms with Crippen LogP contribution >= 0.6 is 0 Å². The van der Waals surface area contributed by atoms with E-state index in [1.54, 1.807) is 19.6 Å². The number of likely N-dealkylation sites (tertiary alicyclic amines) is 2. The van der Waals surface area contributed by atoms with E-state index < -0.39 is 0 Å². The third-order valence-electron chi connectivity index (χ3n) is 8.86. The van der Waals surface area contributed by atoms with E-state index in [0.717, 1.165) is 11.1 Å². The lowest BCUT2D eigenvalue weighted by Gasteiger charge is -2.30. The van der Waals surface area contributed by atoms with Gasteiger partial charge in [0.15, 0.2) is 0 Å². The van der Waals surface area contributed by atoms with Gasteiger partial charge < -0.3 is 39.7 Å². The highest BCUT2D eigenvalue weighted by Gasteiger charge is 2.35. The standard InChI is InChI=1S/C32H40N6O6/c39-29(25-9-11-37(21-25)31(41)35-13-17-43-18-14-35)33-27-5-1-23(2-6-27)24-3-7-28(8-4-24)34-30(40)26-10-12-38(22-26)32(42)36-15-19-44-20-16-36/h1-8,25-26H,9-22H2,(H,33,39)(H,34,40)/t25-,26+. The van der Waals surface area contributed by atoms with Crippen LogP contribution in [0.15, 0.2) is 48.5 Å². The molecule has 0 aromatic heterocycles. The number of morpholine rings is 2. The summed E-state index contributed by atoms with van der Waals surface area (Å²) in [5.74, 6) is -0.628. The van der Waals surface area contributed by atoms with E-state index >= 15 is 0 Å². The first-order valence-corrected chi connectivity index (χ1v) is 15.5. The minimum Gasteiger partial charge on any atom is -0.378 e. The van der Waals surface area contributed by atoms with Crippen molar-refractivity contribution in [2.75, 3.05) is 89.4 Å². The summed E-state index contributed by atoms with van der Waals surface area (Å²) in [6, 6.07) is 15.3. The summed E-state index contributed by atoms with van der Waals surface area (Å²) in [7, 11) is 0. The van der Waals surface area contributed by atoms with Crippen molar-refractivity contribution in [1.82, 2.24) is 19.6 Å². The van der Waals surface area contributed by atoms with Gasteiger partial charge in [0.2, 0.25) is 11.8 Å². The predicted molar refractivity (Wildman–Crippen MR) is 164 cm³/mol. The largest absolute Gasteiger partial charge is 0.378 e. The highest BCUT2D eigenvalue weighted by atomic mass is 16.5. The molecule has 0 bridgehead atoms. The van der Waals surface area contributed by atoms with Crippen LogP contribution in [0.5, 0.6) is 0 Å². The number of carbonyl (C=O) groups excluding carboxylic acids is 4. The van der Waals surface area contributed by atoms with Crippen molar-refractivity contribution in [1.29, 1.82) is 0 Å². The van der Waals surface area contributed by atoms with Gasteiger partial charge in [0, 0.05) is 63.7 Å². The van der Waals surface area contributed by atoms with Crippen LogP contribution in [0.3, 0.4) is 0 Å². The number of carbonyl (C=O) groups is 4. The minimum absolute atomic E-state index is 0.0142. The molecule has 12 nitrogen and oxygen atoms in total. The van der Waals surface area contributed by atoms with Crippen LogP contribution in [0.25, 0.3) is 11.1 Å². The Labute approximate surface area is 257 Å². The Morgan fingerprint density at radius 2 is 0.886 bits per heavy atom. The molecule has 2 N–H and O–H groups in total. The molecule has 4 saturated heterocycles. The molecule has 0 radical (unpaired) electrons. The van der Waals surface area contributed by atoms with E-state index in [0.29, 0.717) is 103 Å². The number of nitrogens with zero attached hydrogens (tertiary/aromatic N) is 4. The molecule has 0 saturated carbocycles. The molecule has 44 heavy (non-hydrogen) atoms. The number of hydrogen-bond donors (Lipinski definition) is 2. The Morgan fingerprint density at radius 1 is 0.523 bits per heavy atom. The van der Waals surface area contributed by atoms with Crippen molar-refractivity contribution in [3.8, 4) is 11.1 Å². The first-order chi connectivity index (χ1) is 21.4. The van der Waals surface area contributed by atoms with Gasteiger partial charge in [-0.25, -0.2) is 9.59 Å². The number of urea groups is 2. The SMILES string of the molecule is O=C(Nc1ccc(-c2ccc(NC(=O)[C@H]3CCN(C(=O)N4CCOCC4)C3)cc2)cc1)[C@@H]1CCN(C(=O)N2CCOCC2)C1. The Kier molecular flexibility index (Phi) is 9.27. The molecule has 4 aliphatic rings. The summed E-state index contributed by atoms with van der Waals surface area (Å²) in [4.78, 5) is 58.4. The summed E-state index contributed by atoms with van der Waals surface area (Å²) in [6.07, 6.45) is 1.29. The summed E-state index contributed by atoms with van der Waals surface area (Å²) in [5.41, 5.74) is 3.38. The monoisotopic (exact) mass is 604 g/mol. The number of ether oxygens (including phenoxy) is 2. The van der Waals surface area contributed by atoms with Crippen molar-refractivity contribution in [3.63, 3.8) is 0 Å². The zero-order chi connectivity index (χ0) is 30.5. The molecule has 0 spiro atoms. The number of nitrogens with one attached hydrogen (secondary N) is 2. The summed E-state index contributed by atoms with van der Waals surface area (Å²) in [6.45, 7) is 6.60. The van der Waals surface area contributed by atoms with Gasteiger partial charge in [0.25, 0.3) is 0 Å². The maximum atomic E-state index is 12.9. The van der Waals surface area contributed by atoms with Gasteiger partial charge in [0.1, 0.15) is 0 Å². The fraction of sp³-hybridized carbons (Fsp3) is 0.500. The van der Waals surface area contributed by atoms with Gasteiger partial charge in [-0.3, -0.25) is 9.59 Å². The Hall–Kier alpha value is -4.16. The fourth-order valence-corrected chi connectivity index (χ4v) is 6.19. The Bertz CT molecular complexity index is 1240. The highest BCUT2D eigenvalue weighted by Crippen LogP contribution is 2.26. The molecule has 4 heterocycles. The van der Waals surface area contributed by atoms with Crippen LogP contribution in [-0.2, 0) is 19.1 Å². The molecule has 4 aliphatic heterocycles. The van der Waals surface area contributed by atoms with Crippen LogP contribution in [0.2, 0.25) is 0 Å². The van der Waals surface area contributed by atoms with Gasteiger partial charge >= 0.3 is 12.1 Å². The van der Waals surface area contributed by atoms with Gasteiger partial charge in [-0.1, -0.05) is 24.3 Å². The first-order valence-electron chi connectivity index (χ1n) is 15.5. The van der Waals surface area contributed by atoms with Crippen molar-refractivity contribution in [3.05, 3.63) is 48.5 Å². The lowest BCUT2D eigenvalue weighted by molar-refractivity contribution is -0.120. The fourth-order valence-electron chi connectivity index (χ4n) is 6.19. The van der Waals surface area contributed by atoms with E-state index in [1.165, 1.54) is 0 Å². The van der Waals surface area contributed by atoms with E-state index in [4.69, 9.17) is 9.47 Å². The van der Waals surface area contributed by atoms with Crippen LogP contribution in [0.1, 0.15) is 12.8 Å². The molecule has 4 fully saturated rings. The average molecular weight is 605 g/mol. The van der Waals surface area contributed by atoms with Crippen molar-refractivity contribution in [2.45, 2.75) is 12.8 Å². The maximum absolute atomic E-state index is 12.9. The summed E-state index contributed by atoms with van der Waals surface area (Å²) >= 11 is 0. The van der Waals surface area contributed by atoms with E-state index in [9.17, 15) is 19.2 Å².